The van der Waals surface area contributed by atoms with Crippen molar-refractivity contribution >= 4 is 27.6 Å². The van der Waals surface area contributed by atoms with Gasteiger partial charge < -0.3 is 4.90 Å². The molecule has 0 saturated carbocycles. The van der Waals surface area contributed by atoms with Crippen LogP contribution in [0, 0.1) is 25.6 Å². The molecule has 1 saturated heterocycles. The highest BCUT2D eigenvalue weighted by atomic mass is 79.9. The molecule has 3 rings (SSSR count). The molecule has 136 valence electrons. The number of carbonyl (C=O) groups is 2. The van der Waals surface area contributed by atoms with Gasteiger partial charge in [0.2, 0.25) is 0 Å². The Bertz CT molecular complexity index is 857. The van der Waals surface area contributed by atoms with Gasteiger partial charge in [-0.1, -0.05) is 39.7 Å². The third-order valence-corrected chi connectivity index (χ3v) is 5.45. The number of likely N-dealkylation sites (tertiary alicyclic amines) is 1. The number of carbonyl (C=O) groups excluding carboxylic acids is 2. The van der Waals surface area contributed by atoms with Gasteiger partial charge >= 0.3 is 0 Å². The molecule has 2 aromatic rings. The third kappa shape index (κ3) is 3.88. The van der Waals surface area contributed by atoms with Crippen molar-refractivity contribution in [1.82, 2.24) is 4.90 Å². The number of benzene rings is 2. The molecule has 1 heterocycles. The molecule has 0 aliphatic carbocycles. The van der Waals surface area contributed by atoms with Crippen molar-refractivity contribution in [2.75, 3.05) is 13.1 Å². The fourth-order valence-corrected chi connectivity index (χ4v) is 3.85. The van der Waals surface area contributed by atoms with Gasteiger partial charge in [-0.25, -0.2) is 4.39 Å². The maximum atomic E-state index is 14.0. The smallest absolute Gasteiger partial charge is 0.256 e. The van der Waals surface area contributed by atoms with Gasteiger partial charge in [0.05, 0.1) is 5.56 Å². The molecule has 0 radical (unpaired) electrons. The Hall–Kier alpha value is -2.01. The molecule has 0 spiro atoms. The maximum Gasteiger partial charge on any atom is 0.256 e. The monoisotopic (exact) mass is 417 g/mol. The molecule has 0 aromatic heterocycles. The van der Waals surface area contributed by atoms with Gasteiger partial charge in [0.1, 0.15) is 5.82 Å². The summed E-state index contributed by atoms with van der Waals surface area (Å²) in [5.74, 6) is -0.788. The second kappa shape index (κ2) is 7.70. The molecule has 0 atom stereocenters. The number of aryl methyl sites for hydroxylation is 2. The molecular weight excluding hydrogens is 397 g/mol. The first-order valence-electron chi connectivity index (χ1n) is 8.72. The van der Waals surface area contributed by atoms with Crippen LogP contribution >= 0.6 is 15.9 Å². The number of hydrogen-bond donors (Lipinski definition) is 0. The lowest BCUT2D eigenvalue weighted by molar-refractivity contribution is 0.0646. The average molecular weight is 418 g/mol. The number of amides is 1. The van der Waals surface area contributed by atoms with Crippen LogP contribution in [0.2, 0.25) is 0 Å². The number of nitrogens with zero attached hydrogens (tertiary/aromatic N) is 1. The van der Waals surface area contributed by atoms with Crippen molar-refractivity contribution in [2.24, 2.45) is 5.92 Å². The number of hydrogen-bond acceptors (Lipinski definition) is 2. The van der Waals surface area contributed by atoms with Gasteiger partial charge in [-0.2, -0.15) is 0 Å². The van der Waals surface area contributed by atoms with E-state index in [-0.39, 0.29) is 23.2 Å². The minimum absolute atomic E-state index is 0.0681. The summed E-state index contributed by atoms with van der Waals surface area (Å²) < 4.78 is 14.6. The molecule has 3 nitrogen and oxygen atoms in total. The zero-order valence-electron chi connectivity index (χ0n) is 14.9. The minimum atomic E-state index is -0.522. The second-order valence-corrected chi connectivity index (χ2v) is 7.79. The fraction of sp³-hybridized carbons (Fsp3) is 0.333. The van der Waals surface area contributed by atoms with Crippen LogP contribution in [0.5, 0.6) is 0 Å². The van der Waals surface area contributed by atoms with Gasteiger partial charge in [-0.15, -0.1) is 0 Å². The first kappa shape index (κ1) is 18.8. The lowest BCUT2D eigenvalue weighted by Gasteiger charge is -2.31. The molecule has 2 aromatic carbocycles. The second-order valence-electron chi connectivity index (χ2n) is 6.87. The van der Waals surface area contributed by atoms with Gasteiger partial charge in [-0.05, 0) is 50.5 Å². The van der Waals surface area contributed by atoms with E-state index in [1.165, 1.54) is 12.1 Å². The minimum Gasteiger partial charge on any atom is -0.339 e. The molecule has 1 aliphatic rings. The van der Waals surface area contributed by atoms with Crippen molar-refractivity contribution < 1.29 is 14.0 Å². The summed E-state index contributed by atoms with van der Waals surface area (Å²) in [6.45, 7) is 4.89. The van der Waals surface area contributed by atoms with E-state index in [2.05, 4.69) is 15.9 Å². The van der Waals surface area contributed by atoms with E-state index in [9.17, 15) is 14.0 Å². The summed E-state index contributed by atoms with van der Waals surface area (Å²) in [4.78, 5) is 27.0. The zero-order valence-corrected chi connectivity index (χ0v) is 16.5. The standard InChI is InChI=1S/C21H21BrFNO2/c1-13-3-5-17(14(2)11-13)20(25)15-7-9-24(10-8-15)21(26)18-12-16(22)4-6-19(18)23/h3-6,11-12,15H,7-10H2,1-2H3. The van der Waals surface area contributed by atoms with Crippen LogP contribution in [-0.2, 0) is 0 Å². The SMILES string of the molecule is Cc1ccc(C(=O)C2CCN(C(=O)c3cc(Br)ccc3F)CC2)c(C)c1. The summed E-state index contributed by atoms with van der Waals surface area (Å²) in [5.41, 5.74) is 2.96. The normalized spacial score (nSPS) is 15.2. The van der Waals surface area contributed by atoms with Crippen LogP contribution in [-0.4, -0.2) is 29.7 Å². The maximum absolute atomic E-state index is 14.0. The molecule has 0 N–H and O–H groups in total. The Labute approximate surface area is 161 Å². The van der Waals surface area contributed by atoms with E-state index < -0.39 is 5.82 Å². The van der Waals surface area contributed by atoms with Crippen molar-refractivity contribution in [1.29, 1.82) is 0 Å². The molecular formula is C21H21BrFNO2. The summed E-state index contributed by atoms with van der Waals surface area (Å²) in [5, 5.41) is 0. The quantitative estimate of drug-likeness (QED) is 0.663. The highest BCUT2D eigenvalue weighted by Crippen LogP contribution is 2.26. The van der Waals surface area contributed by atoms with Crippen molar-refractivity contribution in [3.05, 3.63) is 68.9 Å². The zero-order chi connectivity index (χ0) is 18.8. The predicted molar refractivity (Wildman–Crippen MR) is 103 cm³/mol. The van der Waals surface area contributed by atoms with E-state index in [0.717, 1.165) is 16.7 Å². The van der Waals surface area contributed by atoms with Crippen molar-refractivity contribution in [3.63, 3.8) is 0 Å². The highest BCUT2D eigenvalue weighted by molar-refractivity contribution is 9.10. The van der Waals surface area contributed by atoms with E-state index in [4.69, 9.17) is 0 Å². The van der Waals surface area contributed by atoms with Gasteiger partial charge in [0.25, 0.3) is 5.91 Å². The Morgan fingerprint density at radius 3 is 2.38 bits per heavy atom. The third-order valence-electron chi connectivity index (χ3n) is 4.96. The van der Waals surface area contributed by atoms with E-state index in [1.54, 1.807) is 11.0 Å². The van der Waals surface area contributed by atoms with Crippen LogP contribution in [0.4, 0.5) is 4.39 Å². The number of halogens is 2. The van der Waals surface area contributed by atoms with E-state index >= 15 is 0 Å². The molecule has 5 heteroatoms. The molecule has 1 fully saturated rings. The Kier molecular flexibility index (Phi) is 5.56. The molecule has 1 aliphatic heterocycles. The molecule has 0 unspecified atom stereocenters. The lowest BCUT2D eigenvalue weighted by atomic mass is 9.87. The van der Waals surface area contributed by atoms with E-state index in [1.807, 2.05) is 32.0 Å². The van der Waals surface area contributed by atoms with Crippen LogP contribution in [0.3, 0.4) is 0 Å². The van der Waals surface area contributed by atoms with Crippen LogP contribution in [0.25, 0.3) is 0 Å². The summed E-state index contributed by atoms with van der Waals surface area (Å²) in [6, 6.07) is 10.2. The van der Waals surface area contributed by atoms with Crippen molar-refractivity contribution in [3.8, 4) is 0 Å². The van der Waals surface area contributed by atoms with Crippen LogP contribution < -0.4 is 0 Å². The van der Waals surface area contributed by atoms with Gasteiger partial charge in [0, 0.05) is 29.0 Å². The number of piperidine rings is 1. The molecule has 1 amide bonds. The predicted octanol–water partition coefficient (Wildman–Crippen LogP) is 4.94. The largest absolute Gasteiger partial charge is 0.339 e. The fourth-order valence-electron chi connectivity index (χ4n) is 3.49. The highest BCUT2D eigenvalue weighted by Gasteiger charge is 2.29. The van der Waals surface area contributed by atoms with Crippen LogP contribution in [0.1, 0.15) is 44.7 Å². The summed E-state index contributed by atoms with van der Waals surface area (Å²) >= 11 is 3.27. The Morgan fingerprint density at radius 1 is 1.04 bits per heavy atom. The molecule has 26 heavy (non-hydrogen) atoms. The summed E-state index contributed by atoms with van der Waals surface area (Å²) in [6.07, 6.45) is 1.21. The number of rotatable bonds is 3. The van der Waals surface area contributed by atoms with E-state index in [0.29, 0.717) is 30.4 Å². The number of ketones is 1. The Balaban J connectivity index is 1.68. The lowest BCUT2D eigenvalue weighted by Crippen LogP contribution is -2.40. The first-order valence-corrected chi connectivity index (χ1v) is 9.52. The average Bonchev–Trinajstić information content (AvgIpc) is 2.63. The van der Waals surface area contributed by atoms with Gasteiger partial charge in [-0.3, -0.25) is 9.59 Å². The first-order chi connectivity index (χ1) is 12.4. The summed E-state index contributed by atoms with van der Waals surface area (Å²) in [7, 11) is 0. The molecule has 0 bridgehead atoms. The topological polar surface area (TPSA) is 37.4 Å². The van der Waals surface area contributed by atoms with Crippen LogP contribution in [0.15, 0.2) is 40.9 Å². The number of Topliss-reactive ketones (excluding diaryl/α,β-unsaturated/α-hetero) is 1. The van der Waals surface area contributed by atoms with Crippen molar-refractivity contribution in [2.45, 2.75) is 26.7 Å². The van der Waals surface area contributed by atoms with Gasteiger partial charge in [0.15, 0.2) is 5.78 Å². The Morgan fingerprint density at radius 2 is 1.73 bits per heavy atom.